The minimum absolute atomic E-state index is 0.143. The largest absolute Gasteiger partial charge is 0.497 e. The lowest BCUT2D eigenvalue weighted by Gasteiger charge is -2.15. The van der Waals surface area contributed by atoms with E-state index in [2.05, 4.69) is 11.8 Å². The fourth-order valence-corrected chi connectivity index (χ4v) is 2.07. The van der Waals surface area contributed by atoms with Crippen LogP contribution in [0.25, 0.3) is 0 Å². The minimum Gasteiger partial charge on any atom is -0.497 e. The van der Waals surface area contributed by atoms with Crippen molar-refractivity contribution in [3.05, 3.63) is 29.3 Å². The van der Waals surface area contributed by atoms with E-state index in [0.717, 1.165) is 11.1 Å². The standard InChI is InChI=1S/C15H16N2O3/c1-20-13-5-4-11(3-2-8-16)12(9-13)10-17-14(18)6-7-15(17)19/h4-5,9H,6-8,10,16H2,1H3. The zero-order valence-electron chi connectivity index (χ0n) is 11.3. The van der Waals surface area contributed by atoms with E-state index in [-0.39, 0.29) is 37.7 Å². The van der Waals surface area contributed by atoms with Crippen molar-refractivity contribution < 1.29 is 14.3 Å². The van der Waals surface area contributed by atoms with Gasteiger partial charge in [0.1, 0.15) is 5.75 Å². The van der Waals surface area contributed by atoms with E-state index in [1.54, 1.807) is 19.2 Å². The molecule has 2 N–H and O–H groups in total. The van der Waals surface area contributed by atoms with Crippen molar-refractivity contribution in [3.63, 3.8) is 0 Å². The second kappa shape index (κ2) is 6.22. The summed E-state index contributed by atoms with van der Waals surface area (Å²) in [7, 11) is 1.57. The molecule has 5 heteroatoms. The molecule has 0 spiro atoms. The van der Waals surface area contributed by atoms with E-state index in [4.69, 9.17) is 10.5 Å². The molecule has 5 nitrogen and oxygen atoms in total. The first-order valence-corrected chi connectivity index (χ1v) is 6.34. The molecule has 0 atom stereocenters. The topological polar surface area (TPSA) is 72.6 Å². The molecule has 0 unspecified atom stereocenters. The number of ether oxygens (including phenoxy) is 1. The Morgan fingerprint density at radius 2 is 2.00 bits per heavy atom. The fraction of sp³-hybridized carbons (Fsp3) is 0.333. The van der Waals surface area contributed by atoms with E-state index < -0.39 is 0 Å². The Labute approximate surface area is 117 Å². The summed E-state index contributed by atoms with van der Waals surface area (Å²) in [6.07, 6.45) is 0.569. The van der Waals surface area contributed by atoms with Gasteiger partial charge < -0.3 is 10.5 Å². The average molecular weight is 272 g/mol. The first-order valence-electron chi connectivity index (χ1n) is 6.34. The summed E-state index contributed by atoms with van der Waals surface area (Å²) in [6.45, 7) is 0.483. The van der Waals surface area contributed by atoms with Gasteiger partial charge in [0.2, 0.25) is 11.8 Å². The van der Waals surface area contributed by atoms with Gasteiger partial charge in [0.15, 0.2) is 0 Å². The van der Waals surface area contributed by atoms with Crippen molar-refractivity contribution in [1.82, 2.24) is 4.90 Å². The Bertz CT molecular complexity index is 583. The van der Waals surface area contributed by atoms with Crippen molar-refractivity contribution in [1.29, 1.82) is 0 Å². The van der Waals surface area contributed by atoms with Crippen LogP contribution in [0.2, 0.25) is 0 Å². The second-order valence-electron chi connectivity index (χ2n) is 4.40. The molecule has 0 bridgehead atoms. The van der Waals surface area contributed by atoms with Gasteiger partial charge in [-0.2, -0.15) is 0 Å². The Morgan fingerprint density at radius 3 is 2.60 bits per heavy atom. The van der Waals surface area contributed by atoms with Gasteiger partial charge in [0, 0.05) is 18.4 Å². The Hall–Kier alpha value is -2.32. The molecule has 0 aromatic heterocycles. The van der Waals surface area contributed by atoms with Crippen LogP contribution in [0.4, 0.5) is 0 Å². The summed E-state index contributed by atoms with van der Waals surface area (Å²) in [5, 5.41) is 0. The highest BCUT2D eigenvalue weighted by atomic mass is 16.5. The van der Waals surface area contributed by atoms with Gasteiger partial charge in [0.25, 0.3) is 0 Å². The zero-order valence-corrected chi connectivity index (χ0v) is 11.3. The lowest BCUT2D eigenvalue weighted by molar-refractivity contribution is -0.139. The molecule has 1 aromatic rings. The first-order chi connectivity index (χ1) is 9.65. The van der Waals surface area contributed by atoms with Crippen LogP contribution >= 0.6 is 0 Å². The van der Waals surface area contributed by atoms with Gasteiger partial charge in [-0.05, 0) is 23.8 Å². The molecule has 2 rings (SSSR count). The van der Waals surface area contributed by atoms with Gasteiger partial charge in [-0.25, -0.2) is 0 Å². The third-order valence-corrected chi connectivity index (χ3v) is 3.12. The van der Waals surface area contributed by atoms with E-state index in [9.17, 15) is 9.59 Å². The van der Waals surface area contributed by atoms with Crippen molar-refractivity contribution in [2.75, 3.05) is 13.7 Å². The molecule has 1 heterocycles. The lowest BCUT2D eigenvalue weighted by atomic mass is 10.1. The summed E-state index contributed by atoms with van der Waals surface area (Å²) < 4.78 is 5.17. The lowest BCUT2D eigenvalue weighted by Crippen LogP contribution is -2.28. The SMILES string of the molecule is COc1ccc(C#CCN)c(CN2C(=O)CCC2=O)c1. The molecule has 20 heavy (non-hydrogen) atoms. The summed E-state index contributed by atoms with van der Waals surface area (Å²) >= 11 is 0. The number of methoxy groups -OCH3 is 1. The molecule has 104 valence electrons. The van der Waals surface area contributed by atoms with Crippen molar-refractivity contribution in [3.8, 4) is 17.6 Å². The predicted molar refractivity (Wildman–Crippen MR) is 73.7 cm³/mol. The normalized spacial score (nSPS) is 14.2. The second-order valence-corrected chi connectivity index (χ2v) is 4.40. The third kappa shape index (κ3) is 2.98. The molecule has 0 aliphatic carbocycles. The maximum absolute atomic E-state index is 11.7. The summed E-state index contributed by atoms with van der Waals surface area (Å²) in [5.41, 5.74) is 6.91. The Balaban J connectivity index is 2.32. The van der Waals surface area contributed by atoms with Gasteiger partial charge in [0.05, 0.1) is 20.2 Å². The zero-order chi connectivity index (χ0) is 14.5. The van der Waals surface area contributed by atoms with E-state index in [1.807, 2.05) is 6.07 Å². The summed E-state index contributed by atoms with van der Waals surface area (Å²) in [5.74, 6) is 6.10. The number of nitrogens with two attached hydrogens (primary N) is 1. The van der Waals surface area contributed by atoms with Crippen LogP contribution in [-0.4, -0.2) is 30.4 Å². The maximum atomic E-state index is 11.7. The van der Waals surface area contributed by atoms with Gasteiger partial charge in [-0.1, -0.05) is 11.8 Å². The van der Waals surface area contributed by atoms with Gasteiger partial charge in [-0.15, -0.1) is 0 Å². The summed E-state index contributed by atoms with van der Waals surface area (Å²) in [6, 6.07) is 5.39. The molecule has 1 aromatic carbocycles. The predicted octanol–water partition coefficient (Wildman–Crippen LogP) is 0.654. The molecular formula is C15H16N2O3. The van der Waals surface area contributed by atoms with E-state index in [1.165, 1.54) is 4.90 Å². The van der Waals surface area contributed by atoms with Crippen LogP contribution in [0.3, 0.4) is 0 Å². The van der Waals surface area contributed by atoms with Gasteiger partial charge in [-0.3, -0.25) is 14.5 Å². The van der Waals surface area contributed by atoms with Crippen LogP contribution in [0.15, 0.2) is 18.2 Å². The molecule has 1 aliphatic rings. The monoisotopic (exact) mass is 272 g/mol. The molecule has 1 saturated heterocycles. The number of carbonyl (C=O) groups excluding carboxylic acids is 2. The quantitative estimate of drug-likeness (QED) is 0.648. The van der Waals surface area contributed by atoms with E-state index in [0.29, 0.717) is 5.75 Å². The van der Waals surface area contributed by atoms with Crippen molar-refractivity contribution in [2.45, 2.75) is 19.4 Å². The molecule has 0 saturated carbocycles. The number of imide groups is 1. The fourth-order valence-electron chi connectivity index (χ4n) is 2.07. The number of nitrogens with zero attached hydrogens (tertiary/aromatic N) is 1. The number of hydrogen-bond acceptors (Lipinski definition) is 4. The third-order valence-electron chi connectivity index (χ3n) is 3.12. The maximum Gasteiger partial charge on any atom is 0.229 e. The van der Waals surface area contributed by atoms with Crippen molar-refractivity contribution >= 4 is 11.8 Å². The molecule has 1 aliphatic heterocycles. The Morgan fingerprint density at radius 1 is 1.30 bits per heavy atom. The number of likely N-dealkylation sites (tertiary alicyclic amines) is 1. The number of amides is 2. The highest BCUT2D eigenvalue weighted by molar-refractivity contribution is 6.01. The van der Waals surface area contributed by atoms with Gasteiger partial charge >= 0.3 is 0 Å². The van der Waals surface area contributed by atoms with Crippen LogP contribution in [0.1, 0.15) is 24.0 Å². The molecular weight excluding hydrogens is 256 g/mol. The van der Waals surface area contributed by atoms with Crippen LogP contribution in [0, 0.1) is 11.8 Å². The molecule has 2 amide bonds. The molecule has 0 radical (unpaired) electrons. The van der Waals surface area contributed by atoms with Crippen LogP contribution in [0.5, 0.6) is 5.75 Å². The minimum atomic E-state index is -0.143. The van der Waals surface area contributed by atoms with E-state index >= 15 is 0 Å². The Kier molecular flexibility index (Phi) is 4.38. The summed E-state index contributed by atoms with van der Waals surface area (Å²) in [4.78, 5) is 24.6. The first kappa shape index (κ1) is 14.1. The molecule has 1 fully saturated rings. The highest BCUT2D eigenvalue weighted by Crippen LogP contribution is 2.22. The number of rotatable bonds is 3. The van der Waals surface area contributed by atoms with Crippen molar-refractivity contribution in [2.24, 2.45) is 5.73 Å². The number of benzene rings is 1. The van der Waals surface area contributed by atoms with Crippen LogP contribution < -0.4 is 10.5 Å². The smallest absolute Gasteiger partial charge is 0.229 e. The number of carbonyl (C=O) groups is 2. The average Bonchev–Trinajstić information content (AvgIpc) is 2.77. The number of hydrogen-bond donors (Lipinski definition) is 1. The highest BCUT2D eigenvalue weighted by Gasteiger charge is 2.29. The van der Waals surface area contributed by atoms with Crippen LogP contribution in [-0.2, 0) is 16.1 Å².